The quantitative estimate of drug-likeness (QED) is 0.824. The van der Waals surface area contributed by atoms with Gasteiger partial charge in [-0.05, 0) is 32.0 Å². The summed E-state index contributed by atoms with van der Waals surface area (Å²) >= 11 is 0. The Bertz CT molecular complexity index is 391. The Balaban J connectivity index is 2.82. The van der Waals surface area contributed by atoms with Gasteiger partial charge in [0.05, 0.1) is 5.56 Å². The summed E-state index contributed by atoms with van der Waals surface area (Å²) in [4.78, 5) is 0. The maximum atomic E-state index is 12.8. The molecule has 1 aromatic rings. The summed E-state index contributed by atoms with van der Waals surface area (Å²) in [5, 5.41) is 8.74. The molecule has 0 aromatic heterocycles. The minimum Gasteiger partial charge on any atom is -0.490 e. The van der Waals surface area contributed by atoms with Gasteiger partial charge in [0, 0.05) is 5.54 Å². The summed E-state index contributed by atoms with van der Waals surface area (Å²) in [5.41, 5.74) is 5.42. The van der Waals surface area contributed by atoms with Gasteiger partial charge in [0.2, 0.25) is 0 Å². The molecule has 0 heterocycles. The number of rotatable bonds is 3. The van der Waals surface area contributed by atoms with E-state index < -0.39 is 11.4 Å². The van der Waals surface area contributed by atoms with Crippen LogP contribution in [-0.4, -0.2) is 12.1 Å². The average molecular weight is 208 g/mol. The fourth-order valence-corrected chi connectivity index (χ4v) is 0.979. The molecule has 0 saturated heterocycles. The summed E-state index contributed by atoms with van der Waals surface area (Å²) in [6.07, 6.45) is 0. The lowest BCUT2D eigenvalue weighted by Gasteiger charge is -2.19. The van der Waals surface area contributed by atoms with Crippen LogP contribution in [0.1, 0.15) is 19.4 Å². The predicted octanol–water partition coefficient (Wildman–Crippen LogP) is 1.81. The number of nitrogens with two attached hydrogens (primary N) is 1. The lowest BCUT2D eigenvalue weighted by molar-refractivity contribution is 0.242. The zero-order chi connectivity index (χ0) is 11.5. The van der Waals surface area contributed by atoms with Crippen molar-refractivity contribution < 1.29 is 9.13 Å². The molecule has 2 N–H and O–H groups in total. The maximum Gasteiger partial charge on any atom is 0.137 e. The van der Waals surface area contributed by atoms with E-state index in [0.29, 0.717) is 5.75 Å². The highest BCUT2D eigenvalue weighted by atomic mass is 19.1. The Labute approximate surface area is 88.3 Å². The van der Waals surface area contributed by atoms with Crippen LogP contribution in [0.2, 0.25) is 0 Å². The first-order chi connectivity index (χ1) is 6.92. The summed E-state index contributed by atoms with van der Waals surface area (Å²) in [6.45, 7) is 3.89. The van der Waals surface area contributed by atoms with Crippen molar-refractivity contribution in [3.05, 3.63) is 29.6 Å². The standard InChI is InChI=1S/C11H13FN2O/c1-11(2,14)7-15-10-4-3-9(12)5-8(10)6-13/h3-5H,7,14H2,1-2H3. The van der Waals surface area contributed by atoms with Gasteiger partial charge in [0.25, 0.3) is 0 Å². The molecular formula is C11H13FN2O. The Hall–Kier alpha value is -1.60. The fourth-order valence-electron chi connectivity index (χ4n) is 0.979. The van der Waals surface area contributed by atoms with E-state index in [2.05, 4.69) is 0 Å². The third-order valence-electron chi connectivity index (χ3n) is 1.66. The normalized spacial score (nSPS) is 10.9. The van der Waals surface area contributed by atoms with Crippen LogP contribution in [-0.2, 0) is 0 Å². The fraction of sp³-hybridized carbons (Fsp3) is 0.364. The van der Waals surface area contributed by atoms with E-state index in [1.807, 2.05) is 19.9 Å². The van der Waals surface area contributed by atoms with Gasteiger partial charge < -0.3 is 10.5 Å². The molecule has 0 amide bonds. The molecule has 0 aliphatic heterocycles. The summed E-state index contributed by atoms with van der Waals surface area (Å²) in [6, 6.07) is 5.68. The van der Waals surface area contributed by atoms with Crippen molar-refractivity contribution in [2.45, 2.75) is 19.4 Å². The molecule has 15 heavy (non-hydrogen) atoms. The molecule has 0 spiro atoms. The van der Waals surface area contributed by atoms with Gasteiger partial charge in [-0.1, -0.05) is 0 Å². The Morgan fingerprint density at radius 2 is 2.20 bits per heavy atom. The van der Waals surface area contributed by atoms with Crippen molar-refractivity contribution in [3.8, 4) is 11.8 Å². The third kappa shape index (κ3) is 3.56. The van der Waals surface area contributed by atoms with Crippen molar-refractivity contribution >= 4 is 0 Å². The molecule has 0 aliphatic rings. The van der Waals surface area contributed by atoms with E-state index in [1.54, 1.807) is 0 Å². The summed E-state index contributed by atoms with van der Waals surface area (Å²) in [5.74, 6) is -0.0941. The average Bonchev–Trinajstić information content (AvgIpc) is 2.14. The molecule has 80 valence electrons. The van der Waals surface area contributed by atoms with Crippen LogP contribution in [0.25, 0.3) is 0 Å². The molecule has 4 heteroatoms. The van der Waals surface area contributed by atoms with E-state index in [0.717, 1.165) is 6.07 Å². The van der Waals surface area contributed by atoms with Gasteiger partial charge in [0.15, 0.2) is 0 Å². The second-order valence-corrected chi connectivity index (χ2v) is 4.03. The van der Waals surface area contributed by atoms with Crippen molar-refractivity contribution in [1.82, 2.24) is 0 Å². The first kappa shape index (κ1) is 11.5. The number of halogens is 1. The van der Waals surface area contributed by atoms with Crippen LogP contribution in [0.5, 0.6) is 5.75 Å². The number of hydrogen-bond donors (Lipinski definition) is 1. The predicted molar refractivity (Wildman–Crippen MR) is 54.9 cm³/mol. The van der Waals surface area contributed by atoms with Crippen LogP contribution in [0.3, 0.4) is 0 Å². The van der Waals surface area contributed by atoms with Gasteiger partial charge >= 0.3 is 0 Å². The van der Waals surface area contributed by atoms with Crippen molar-refractivity contribution in [2.75, 3.05) is 6.61 Å². The topological polar surface area (TPSA) is 59.0 Å². The van der Waals surface area contributed by atoms with Crippen LogP contribution >= 0.6 is 0 Å². The van der Waals surface area contributed by atoms with E-state index in [9.17, 15) is 4.39 Å². The third-order valence-corrected chi connectivity index (χ3v) is 1.66. The van der Waals surface area contributed by atoms with E-state index in [-0.39, 0.29) is 12.2 Å². The largest absolute Gasteiger partial charge is 0.490 e. The molecule has 0 bridgehead atoms. The Morgan fingerprint density at radius 3 is 2.73 bits per heavy atom. The first-order valence-corrected chi connectivity index (χ1v) is 4.54. The highest BCUT2D eigenvalue weighted by Gasteiger charge is 2.13. The van der Waals surface area contributed by atoms with Crippen molar-refractivity contribution in [3.63, 3.8) is 0 Å². The molecular weight excluding hydrogens is 195 g/mol. The molecule has 0 radical (unpaired) electrons. The van der Waals surface area contributed by atoms with Crippen LogP contribution in [0.4, 0.5) is 4.39 Å². The summed E-state index contributed by atoms with van der Waals surface area (Å²) in [7, 11) is 0. The molecule has 3 nitrogen and oxygen atoms in total. The lowest BCUT2D eigenvalue weighted by atomic mass is 10.1. The van der Waals surface area contributed by atoms with Crippen LogP contribution in [0, 0.1) is 17.1 Å². The minimum absolute atomic E-state index is 0.180. The van der Waals surface area contributed by atoms with Gasteiger partial charge in [-0.25, -0.2) is 4.39 Å². The molecule has 0 atom stereocenters. The number of nitriles is 1. The second kappa shape index (κ2) is 4.28. The molecule has 0 fully saturated rings. The van der Waals surface area contributed by atoms with Gasteiger partial charge in [-0.3, -0.25) is 0 Å². The van der Waals surface area contributed by atoms with E-state index in [1.165, 1.54) is 12.1 Å². The zero-order valence-corrected chi connectivity index (χ0v) is 8.75. The number of benzene rings is 1. The number of nitrogens with zero attached hydrogens (tertiary/aromatic N) is 1. The smallest absolute Gasteiger partial charge is 0.137 e. The molecule has 1 aromatic carbocycles. The zero-order valence-electron chi connectivity index (χ0n) is 8.75. The maximum absolute atomic E-state index is 12.8. The number of hydrogen-bond acceptors (Lipinski definition) is 3. The SMILES string of the molecule is CC(C)(N)COc1ccc(F)cc1C#N. The van der Waals surface area contributed by atoms with Gasteiger partial charge in [-0.15, -0.1) is 0 Å². The second-order valence-electron chi connectivity index (χ2n) is 4.03. The molecule has 0 unspecified atom stereocenters. The minimum atomic E-state index is -0.485. The van der Waals surface area contributed by atoms with Crippen LogP contribution < -0.4 is 10.5 Å². The highest BCUT2D eigenvalue weighted by molar-refractivity contribution is 5.43. The van der Waals surface area contributed by atoms with E-state index >= 15 is 0 Å². The van der Waals surface area contributed by atoms with Crippen molar-refractivity contribution in [2.24, 2.45) is 5.73 Å². The first-order valence-electron chi connectivity index (χ1n) is 4.54. The molecule has 0 saturated carbocycles. The van der Waals surface area contributed by atoms with Crippen LogP contribution in [0.15, 0.2) is 18.2 Å². The Kier molecular flexibility index (Phi) is 3.28. The molecule has 0 aliphatic carbocycles. The van der Waals surface area contributed by atoms with Gasteiger partial charge in [-0.2, -0.15) is 5.26 Å². The molecule has 1 rings (SSSR count). The van der Waals surface area contributed by atoms with Crippen molar-refractivity contribution in [1.29, 1.82) is 5.26 Å². The lowest BCUT2D eigenvalue weighted by Crippen LogP contribution is -2.38. The van der Waals surface area contributed by atoms with E-state index in [4.69, 9.17) is 15.7 Å². The Morgan fingerprint density at radius 1 is 1.53 bits per heavy atom. The van der Waals surface area contributed by atoms with Gasteiger partial charge in [0.1, 0.15) is 24.2 Å². The monoisotopic (exact) mass is 208 g/mol. The summed E-state index contributed by atoms with van der Waals surface area (Å²) < 4.78 is 18.1. The number of ether oxygens (including phenoxy) is 1. The highest BCUT2D eigenvalue weighted by Crippen LogP contribution is 2.19.